The predicted molar refractivity (Wildman–Crippen MR) is 178 cm³/mol. The molecule has 0 heterocycles. The van der Waals surface area contributed by atoms with Crippen molar-refractivity contribution < 1.29 is 9.47 Å². The van der Waals surface area contributed by atoms with Gasteiger partial charge in [0.2, 0.25) is 0 Å². The number of fused-ring (bicyclic) bond motifs is 2. The Kier molecular flexibility index (Phi) is 9.40. The number of hydrogen-bond acceptors (Lipinski definition) is 2. The van der Waals surface area contributed by atoms with E-state index >= 15 is 0 Å². The Bertz CT molecular complexity index is 1440. The lowest BCUT2D eigenvalue weighted by Crippen LogP contribution is -2.20. The van der Waals surface area contributed by atoms with Crippen molar-refractivity contribution in [1.29, 1.82) is 0 Å². The van der Waals surface area contributed by atoms with Gasteiger partial charge in [-0.05, 0) is 67.3 Å². The van der Waals surface area contributed by atoms with E-state index in [1.54, 1.807) is 12.2 Å². The lowest BCUT2D eigenvalue weighted by molar-refractivity contribution is 0.365. The molecule has 0 unspecified atom stereocenters. The Morgan fingerprint density at radius 3 is 1.32 bits per heavy atom. The van der Waals surface area contributed by atoms with E-state index in [1.807, 2.05) is 12.1 Å². The molecule has 0 bridgehead atoms. The summed E-state index contributed by atoms with van der Waals surface area (Å²) in [7, 11) is 0. The van der Waals surface area contributed by atoms with Crippen LogP contribution in [0.2, 0.25) is 0 Å². The SMILES string of the molecule is C=CCOc1c(Br)cc(Br)c2c(C(C)(C)c3ccc(Br)c4c(OCC=C)c(Br)cc(Br)c34)ccc(Br)c12. The average Bonchev–Trinajstić information content (AvgIpc) is 2.84. The van der Waals surface area contributed by atoms with Gasteiger partial charge in [0, 0.05) is 44.9 Å². The quantitative estimate of drug-likeness (QED) is 0.164. The zero-order valence-corrected chi connectivity index (χ0v) is 29.5. The van der Waals surface area contributed by atoms with E-state index in [0.717, 1.165) is 71.0 Å². The summed E-state index contributed by atoms with van der Waals surface area (Å²) in [6.45, 7) is 12.9. The van der Waals surface area contributed by atoms with Crippen LogP contribution in [0.1, 0.15) is 25.0 Å². The maximum Gasteiger partial charge on any atom is 0.143 e. The van der Waals surface area contributed by atoms with Crippen molar-refractivity contribution in [2.45, 2.75) is 19.3 Å². The fraction of sp³-hybridized carbons (Fsp3) is 0.172. The molecule has 0 N–H and O–H groups in total. The number of rotatable bonds is 8. The van der Waals surface area contributed by atoms with E-state index in [-0.39, 0.29) is 0 Å². The monoisotopic (exact) mass is 876 g/mol. The third-order valence-electron chi connectivity index (χ3n) is 6.22. The molecule has 0 amide bonds. The van der Waals surface area contributed by atoms with Crippen molar-refractivity contribution in [3.63, 3.8) is 0 Å². The van der Waals surface area contributed by atoms with Crippen molar-refractivity contribution in [2.75, 3.05) is 13.2 Å². The molecular formula is C29H22Br6O2. The molecule has 8 heteroatoms. The van der Waals surface area contributed by atoms with Crippen LogP contribution in [0.5, 0.6) is 11.5 Å². The highest BCUT2D eigenvalue weighted by Gasteiger charge is 2.31. The first-order valence-corrected chi connectivity index (χ1v) is 16.0. The second kappa shape index (κ2) is 11.8. The molecule has 0 fully saturated rings. The zero-order chi connectivity index (χ0) is 27.1. The summed E-state index contributed by atoms with van der Waals surface area (Å²) in [6, 6.07) is 12.6. The fourth-order valence-electron chi connectivity index (χ4n) is 4.58. The second-order valence-corrected chi connectivity index (χ2v) is 14.0. The van der Waals surface area contributed by atoms with Crippen LogP contribution in [-0.4, -0.2) is 13.2 Å². The van der Waals surface area contributed by atoms with Crippen LogP contribution >= 0.6 is 95.6 Å². The average molecular weight is 882 g/mol. The minimum absolute atomic E-state index is 0.405. The molecule has 4 aromatic rings. The van der Waals surface area contributed by atoms with Crippen LogP contribution in [0, 0.1) is 0 Å². The van der Waals surface area contributed by atoms with Crippen molar-refractivity contribution in [3.8, 4) is 11.5 Å². The minimum atomic E-state index is -0.407. The third-order valence-corrected chi connectivity index (χ3v) is 9.97. The number of halogens is 6. The Balaban J connectivity index is 2.09. The molecule has 0 atom stereocenters. The summed E-state index contributed by atoms with van der Waals surface area (Å²) in [4.78, 5) is 0. The summed E-state index contributed by atoms with van der Waals surface area (Å²) < 4.78 is 17.8. The Hall–Kier alpha value is -0.640. The summed E-state index contributed by atoms with van der Waals surface area (Å²) in [5, 5.41) is 4.14. The van der Waals surface area contributed by atoms with Crippen molar-refractivity contribution in [1.82, 2.24) is 0 Å². The molecule has 0 aliphatic rings. The van der Waals surface area contributed by atoms with Gasteiger partial charge in [-0.2, -0.15) is 0 Å². The van der Waals surface area contributed by atoms with E-state index in [2.05, 4.69) is 147 Å². The Morgan fingerprint density at radius 2 is 0.973 bits per heavy atom. The van der Waals surface area contributed by atoms with Gasteiger partial charge in [0.15, 0.2) is 0 Å². The summed E-state index contributed by atoms with van der Waals surface area (Å²) in [5.41, 5.74) is 1.90. The summed E-state index contributed by atoms with van der Waals surface area (Å²) in [5.74, 6) is 1.54. The van der Waals surface area contributed by atoms with E-state index < -0.39 is 5.41 Å². The van der Waals surface area contributed by atoms with Gasteiger partial charge in [0.1, 0.15) is 24.7 Å². The van der Waals surface area contributed by atoms with Crippen molar-refractivity contribution >= 4 is 117 Å². The van der Waals surface area contributed by atoms with Gasteiger partial charge >= 0.3 is 0 Å². The van der Waals surface area contributed by atoms with Gasteiger partial charge in [0.05, 0.1) is 8.95 Å². The smallest absolute Gasteiger partial charge is 0.143 e. The first-order valence-electron chi connectivity index (χ1n) is 11.2. The molecule has 192 valence electrons. The first kappa shape index (κ1) is 29.3. The van der Waals surface area contributed by atoms with Gasteiger partial charge in [-0.3, -0.25) is 0 Å². The van der Waals surface area contributed by atoms with E-state index in [9.17, 15) is 0 Å². The van der Waals surface area contributed by atoms with Gasteiger partial charge in [0.25, 0.3) is 0 Å². The molecule has 0 aromatic heterocycles. The van der Waals surface area contributed by atoms with E-state index in [1.165, 1.54) is 0 Å². The molecular weight excluding hydrogens is 860 g/mol. The molecule has 0 saturated carbocycles. The molecule has 4 rings (SSSR count). The molecule has 0 spiro atoms. The first-order chi connectivity index (χ1) is 17.5. The highest BCUT2D eigenvalue weighted by molar-refractivity contribution is 9.11. The molecule has 0 aliphatic heterocycles. The van der Waals surface area contributed by atoms with Crippen LogP contribution in [0.25, 0.3) is 21.5 Å². The highest BCUT2D eigenvalue weighted by Crippen LogP contribution is 2.51. The Morgan fingerprint density at radius 1 is 0.595 bits per heavy atom. The normalized spacial score (nSPS) is 11.7. The summed E-state index contributed by atoms with van der Waals surface area (Å²) in [6.07, 6.45) is 3.50. The van der Waals surface area contributed by atoms with Crippen LogP contribution in [0.3, 0.4) is 0 Å². The van der Waals surface area contributed by atoms with E-state index in [4.69, 9.17) is 9.47 Å². The van der Waals surface area contributed by atoms with Crippen LogP contribution < -0.4 is 9.47 Å². The second-order valence-electron chi connectivity index (χ2n) is 8.85. The van der Waals surface area contributed by atoms with Crippen molar-refractivity contribution in [2.24, 2.45) is 0 Å². The van der Waals surface area contributed by atoms with Crippen LogP contribution in [0.4, 0.5) is 0 Å². The molecule has 4 aromatic carbocycles. The fourth-order valence-corrected chi connectivity index (χ4v) is 8.58. The van der Waals surface area contributed by atoms with E-state index in [0.29, 0.717) is 13.2 Å². The van der Waals surface area contributed by atoms with Gasteiger partial charge in [-0.25, -0.2) is 0 Å². The molecule has 0 aliphatic carbocycles. The highest BCUT2D eigenvalue weighted by atomic mass is 79.9. The summed E-state index contributed by atoms with van der Waals surface area (Å²) >= 11 is 22.6. The Labute approximate surface area is 267 Å². The molecule has 0 radical (unpaired) electrons. The van der Waals surface area contributed by atoms with Gasteiger partial charge < -0.3 is 9.47 Å². The van der Waals surface area contributed by atoms with Crippen LogP contribution in [0.15, 0.2) is 88.5 Å². The lowest BCUT2D eigenvalue weighted by atomic mass is 9.74. The number of benzene rings is 4. The molecule has 37 heavy (non-hydrogen) atoms. The standard InChI is InChI=1S/C29H22Br6O2/c1-5-11-36-27-21(34)13-19(32)23-15(7-9-17(30)25(23)27)29(3,4)16-8-10-18(31)26-24(16)20(33)14-22(35)28(26)37-12-6-2/h5-10,13-14H,1-2,11-12H2,3-4H3. The number of ether oxygens (including phenoxy) is 2. The van der Waals surface area contributed by atoms with Gasteiger partial charge in [-0.1, -0.05) is 115 Å². The topological polar surface area (TPSA) is 18.5 Å². The maximum atomic E-state index is 6.12. The minimum Gasteiger partial charge on any atom is -0.488 e. The zero-order valence-electron chi connectivity index (χ0n) is 20.0. The third kappa shape index (κ3) is 5.40. The largest absolute Gasteiger partial charge is 0.488 e. The molecule has 2 nitrogen and oxygen atoms in total. The van der Waals surface area contributed by atoms with Gasteiger partial charge in [-0.15, -0.1) is 0 Å². The number of hydrogen-bond donors (Lipinski definition) is 0. The van der Waals surface area contributed by atoms with Crippen molar-refractivity contribution in [3.05, 3.63) is 99.7 Å². The molecule has 0 saturated heterocycles. The lowest BCUT2D eigenvalue weighted by Gasteiger charge is -2.31. The predicted octanol–water partition coefficient (Wildman–Crippen LogP) is 12.0. The van der Waals surface area contributed by atoms with Crippen LogP contribution in [-0.2, 0) is 5.41 Å². The maximum absolute atomic E-state index is 6.12.